The second-order valence-electron chi connectivity index (χ2n) is 4.36. The van der Waals surface area contributed by atoms with Crippen molar-refractivity contribution in [2.24, 2.45) is 10.7 Å². The van der Waals surface area contributed by atoms with Gasteiger partial charge in [-0.1, -0.05) is 49.4 Å². The third-order valence-electron chi connectivity index (χ3n) is 2.91. The first-order valence-electron chi connectivity index (χ1n) is 6.47. The Balaban J connectivity index is 1.93. The van der Waals surface area contributed by atoms with Crippen molar-refractivity contribution in [2.75, 3.05) is 5.32 Å². The Labute approximate surface area is 114 Å². The molecule has 0 saturated carbocycles. The molecule has 0 aliphatic carbocycles. The fourth-order valence-electron chi connectivity index (χ4n) is 1.77. The van der Waals surface area contributed by atoms with Crippen LogP contribution in [-0.2, 0) is 13.0 Å². The van der Waals surface area contributed by atoms with Crippen LogP contribution in [0.3, 0.4) is 0 Å². The third kappa shape index (κ3) is 4.14. The summed E-state index contributed by atoms with van der Waals surface area (Å²) in [4.78, 5) is 4.33. The quantitative estimate of drug-likeness (QED) is 0.649. The summed E-state index contributed by atoms with van der Waals surface area (Å²) < 4.78 is 0. The number of anilines is 1. The largest absolute Gasteiger partial charge is 0.370 e. The van der Waals surface area contributed by atoms with Gasteiger partial charge in [-0.05, 0) is 29.7 Å². The Kier molecular flexibility index (Phi) is 4.56. The molecule has 0 aliphatic rings. The second-order valence-corrected chi connectivity index (χ2v) is 4.36. The Morgan fingerprint density at radius 2 is 1.63 bits per heavy atom. The van der Waals surface area contributed by atoms with Gasteiger partial charge in [0.25, 0.3) is 0 Å². The predicted octanol–water partition coefficient (Wildman–Crippen LogP) is 3.18. The molecule has 0 aliphatic heterocycles. The molecule has 19 heavy (non-hydrogen) atoms. The molecule has 0 amide bonds. The van der Waals surface area contributed by atoms with Crippen molar-refractivity contribution in [3.05, 3.63) is 65.7 Å². The Hall–Kier alpha value is -2.29. The minimum atomic E-state index is 0.436. The Morgan fingerprint density at radius 3 is 2.26 bits per heavy atom. The predicted molar refractivity (Wildman–Crippen MR) is 81.2 cm³/mol. The number of nitrogens with one attached hydrogen (secondary N) is 1. The average Bonchev–Trinajstić information content (AvgIpc) is 2.47. The fourth-order valence-corrected chi connectivity index (χ4v) is 1.77. The molecular weight excluding hydrogens is 234 g/mol. The van der Waals surface area contributed by atoms with Crippen LogP contribution in [0.2, 0.25) is 0 Å². The van der Waals surface area contributed by atoms with Gasteiger partial charge in [0.2, 0.25) is 0 Å². The van der Waals surface area contributed by atoms with Crippen molar-refractivity contribution in [3.63, 3.8) is 0 Å². The lowest BCUT2D eigenvalue weighted by molar-refractivity contribution is 1.05. The van der Waals surface area contributed by atoms with E-state index in [-0.39, 0.29) is 0 Å². The minimum absolute atomic E-state index is 0.436. The standard InChI is InChI=1S/C16H19N3/c1-2-13-8-10-14(11-9-13)12-18-16(17)19-15-6-4-3-5-7-15/h3-11H,2,12H2,1H3,(H3,17,18,19). The van der Waals surface area contributed by atoms with E-state index < -0.39 is 0 Å². The summed E-state index contributed by atoms with van der Waals surface area (Å²) in [5.74, 6) is 0.436. The molecule has 0 radical (unpaired) electrons. The maximum Gasteiger partial charge on any atom is 0.193 e. The Morgan fingerprint density at radius 1 is 1.00 bits per heavy atom. The highest BCUT2D eigenvalue weighted by atomic mass is 15.1. The monoisotopic (exact) mass is 253 g/mol. The van der Waals surface area contributed by atoms with Crippen LogP contribution < -0.4 is 11.1 Å². The van der Waals surface area contributed by atoms with Gasteiger partial charge in [-0.2, -0.15) is 0 Å². The van der Waals surface area contributed by atoms with Crippen molar-refractivity contribution in [3.8, 4) is 0 Å². The maximum atomic E-state index is 5.85. The van der Waals surface area contributed by atoms with Crippen molar-refractivity contribution in [1.29, 1.82) is 0 Å². The molecule has 0 atom stereocenters. The molecule has 0 aromatic heterocycles. The number of rotatable bonds is 4. The molecule has 2 rings (SSSR count). The number of hydrogen-bond donors (Lipinski definition) is 2. The molecule has 0 bridgehead atoms. The Bertz CT molecular complexity index is 530. The van der Waals surface area contributed by atoms with Gasteiger partial charge in [0.15, 0.2) is 5.96 Å². The van der Waals surface area contributed by atoms with Crippen LogP contribution in [-0.4, -0.2) is 5.96 Å². The summed E-state index contributed by atoms with van der Waals surface area (Å²) in [6.45, 7) is 2.74. The van der Waals surface area contributed by atoms with Crippen LogP contribution in [0.1, 0.15) is 18.1 Å². The van der Waals surface area contributed by atoms with E-state index in [1.807, 2.05) is 30.3 Å². The van der Waals surface area contributed by atoms with Crippen LogP contribution in [0.25, 0.3) is 0 Å². The first kappa shape index (κ1) is 13.1. The smallest absolute Gasteiger partial charge is 0.193 e. The number of para-hydroxylation sites is 1. The zero-order valence-corrected chi connectivity index (χ0v) is 11.1. The number of aliphatic imine (C=N–C) groups is 1. The average molecular weight is 253 g/mol. The molecule has 2 aromatic rings. The van der Waals surface area contributed by atoms with Crippen molar-refractivity contribution >= 4 is 11.6 Å². The molecule has 3 N–H and O–H groups in total. The molecule has 0 fully saturated rings. The lowest BCUT2D eigenvalue weighted by atomic mass is 10.1. The lowest BCUT2D eigenvalue weighted by Gasteiger charge is -2.05. The summed E-state index contributed by atoms with van der Waals surface area (Å²) in [7, 11) is 0. The minimum Gasteiger partial charge on any atom is -0.370 e. The van der Waals surface area contributed by atoms with Crippen molar-refractivity contribution in [1.82, 2.24) is 0 Å². The summed E-state index contributed by atoms with van der Waals surface area (Å²) in [5, 5.41) is 3.06. The molecule has 0 heterocycles. The molecule has 0 unspecified atom stereocenters. The van der Waals surface area contributed by atoms with Crippen LogP contribution in [0.4, 0.5) is 5.69 Å². The van der Waals surface area contributed by atoms with E-state index in [1.165, 1.54) is 5.56 Å². The number of nitrogens with zero attached hydrogens (tertiary/aromatic N) is 1. The molecule has 98 valence electrons. The first-order chi connectivity index (χ1) is 9.28. The summed E-state index contributed by atoms with van der Waals surface area (Å²) >= 11 is 0. The highest BCUT2D eigenvalue weighted by Gasteiger charge is 1.95. The normalized spacial score (nSPS) is 11.3. The first-order valence-corrected chi connectivity index (χ1v) is 6.47. The van der Waals surface area contributed by atoms with Gasteiger partial charge in [-0.3, -0.25) is 0 Å². The zero-order chi connectivity index (χ0) is 13.5. The molecule has 0 spiro atoms. The summed E-state index contributed by atoms with van der Waals surface area (Å²) in [5.41, 5.74) is 9.30. The van der Waals surface area contributed by atoms with E-state index in [1.54, 1.807) is 0 Å². The van der Waals surface area contributed by atoms with E-state index in [2.05, 4.69) is 41.5 Å². The van der Waals surface area contributed by atoms with Gasteiger partial charge < -0.3 is 11.1 Å². The van der Waals surface area contributed by atoms with Gasteiger partial charge in [-0.15, -0.1) is 0 Å². The number of hydrogen-bond acceptors (Lipinski definition) is 1. The van der Waals surface area contributed by atoms with Gasteiger partial charge in [0.1, 0.15) is 0 Å². The second kappa shape index (κ2) is 6.59. The number of nitrogens with two attached hydrogens (primary N) is 1. The number of aryl methyl sites for hydroxylation is 1. The highest BCUT2D eigenvalue weighted by molar-refractivity contribution is 5.92. The number of benzene rings is 2. The van der Waals surface area contributed by atoms with E-state index in [9.17, 15) is 0 Å². The summed E-state index contributed by atoms with van der Waals surface area (Å²) in [6.07, 6.45) is 1.06. The summed E-state index contributed by atoms with van der Waals surface area (Å²) in [6, 6.07) is 18.2. The van der Waals surface area contributed by atoms with Crippen LogP contribution >= 0.6 is 0 Å². The van der Waals surface area contributed by atoms with Crippen molar-refractivity contribution in [2.45, 2.75) is 19.9 Å². The molecule has 0 saturated heterocycles. The molecule has 2 aromatic carbocycles. The van der Waals surface area contributed by atoms with Gasteiger partial charge in [0.05, 0.1) is 6.54 Å². The van der Waals surface area contributed by atoms with E-state index in [0.717, 1.165) is 17.7 Å². The van der Waals surface area contributed by atoms with Gasteiger partial charge in [0, 0.05) is 5.69 Å². The van der Waals surface area contributed by atoms with Crippen molar-refractivity contribution < 1.29 is 0 Å². The molecule has 3 heteroatoms. The van der Waals surface area contributed by atoms with E-state index >= 15 is 0 Å². The van der Waals surface area contributed by atoms with E-state index in [4.69, 9.17) is 5.73 Å². The lowest BCUT2D eigenvalue weighted by Crippen LogP contribution is -2.22. The topological polar surface area (TPSA) is 50.4 Å². The molecule has 3 nitrogen and oxygen atoms in total. The molecular formula is C16H19N3. The van der Waals surface area contributed by atoms with Crippen LogP contribution in [0, 0.1) is 0 Å². The maximum absolute atomic E-state index is 5.85. The van der Waals surface area contributed by atoms with Crippen LogP contribution in [0.15, 0.2) is 59.6 Å². The third-order valence-corrected chi connectivity index (χ3v) is 2.91. The fraction of sp³-hybridized carbons (Fsp3) is 0.188. The van der Waals surface area contributed by atoms with Gasteiger partial charge in [-0.25, -0.2) is 4.99 Å². The number of guanidine groups is 1. The highest BCUT2D eigenvalue weighted by Crippen LogP contribution is 2.07. The van der Waals surface area contributed by atoms with Gasteiger partial charge >= 0.3 is 0 Å². The van der Waals surface area contributed by atoms with Crippen LogP contribution in [0.5, 0.6) is 0 Å². The SMILES string of the molecule is CCc1ccc(CN=C(N)Nc2ccccc2)cc1. The van der Waals surface area contributed by atoms with E-state index in [0.29, 0.717) is 12.5 Å². The zero-order valence-electron chi connectivity index (χ0n) is 11.1.